The minimum atomic E-state index is -3.59. The largest absolute Gasteiger partial charge is 0.326 e. The third-order valence-electron chi connectivity index (χ3n) is 3.61. The summed E-state index contributed by atoms with van der Waals surface area (Å²) in [6, 6.07) is 12.6. The number of nitrogens with two attached hydrogens (primary N) is 1. The van der Waals surface area contributed by atoms with Gasteiger partial charge in [-0.15, -0.1) is 0 Å². The summed E-state index contributed by atoms with van der Waals surface area (Å²) in [4.78, 5) is 0.305. The lowest BCUT2D eigenvalue weighted by atomic mass is 10.1. The van der Waals surface area contributed by atoms with Crippen LogP contribution in [0.4, 0.5) is 5.69 Å². The van der Waals surface area contributed by atoms with Gasteiger partial charge in [0.2, 0.25) is 0 Å². The zero-order chi connectivity index (χ0) is 15.6. The Balaban J connectivity index is 2.54. The van der Waals surface area contributed by atoms with Gasteiger partial charge >= 0.3 is 0 Å². The molecule has 0 heterocycles. The number of anilines is 1. The second-order valence-corrected chi connectivity index (χ2v) is 6.99. The van der Waals surface area contributed by atoms with Crippen LogP contribution in [-0.2, 0) is 16.6 Å². The van der Waals surface area contributed by atoms with Crippen LogP contribution in [0.2, 0.25) is 0 Å². The van der Waals surface area contributed by atoms with Crippen molar-refractivity contribution >= 4 is 15.7 Å². The minimum absolute atomic E-state index is 0.305. The van der Waals surface area contributed by atoms with E-state index in [1.165, 1.54) is 4.31 Å². The Morgan fingerprint density at radius 2 is 1.67 bits per heavy atom. The molecule has 0 amide bonds. The zero-order valence-electron chi connectivity index (χ0n) is 12.5. The lowest BCUT2D eigenvalue weighted by molar-refractivity contribution is 0.593. The van der Waals surface area contributed by atoms with Crippen molar-refractivity contribution in [2.24, 2.45) is 5.73 Å². The van der Waals surface area contributed by atoms with E-state index < -0.39 is 10.0 Å². The number of benzene rings is 2. The van der Waals surface area contributed by atoms with E-state index in [-0.39, 0.29) is 0 Å². The maximum atomic E-state index is 12.8. The van der Waals surface area contributed by atoms with Gasteiger partial charge in [-0.3, -0.25) is 4.31 Å². The number of rotatable bonds is 4. The van der Waals surface area contributed by atoms with E-state index in [0.29, 0.717) is 17.1 Å². The maximum absolute atomic E-state index is 12.8. The van der Waals surface area contributed by atoms with Crippen molar-refractivity contribution < 1.29 is 8.42 Å². The van der Waals surface area contributed by atoms with Crippen molar-refractivity contribution in [3.05, 3.63) is 59.2 Å². The highest BCUT2D eigenvalue weighted by molar-refractivity contribution is 7.92. The van der Waals surface area contributed by atoms with Crippen LogP contribution in [0.3, 0.4) is 0 Å². The summed E-state index contributed by atoms with van der Waals surface area (Å²) in [6.45, 7) is 4.06. The van der Waals surface area contributed by atoms with E-state index in [4.69, 9.17) is 5.73 Å². The van der Waals surface area contributed by atoms with Gasteiger partial charge in [0.15, 0.2) is 0 Å². The normalized spacial score (nSPS) is 11.4. The first-order valence-electron chi connectivity index (χ1n) is 6.72. The van der Waals surface area contributed by atoms with Crippen LogP contribution in [0, 0.1) is 13.8 Å². The van der Waals surface area contributed by atoms with Gasteiger partial charge in [0.25, 0.3) is 10.0 Å². The van der Waals surface area contributed by atoms with Crippen molar-refractivity contribution in [1.82, 2.24) is 0 Å². The van der Waals surface area contributed by atoms with Crippen molar-refractivity contribution in [3.63, 3.8) is 0 Å². The Morgan fingerprint density at radius 1 is 1.05 bits per heavy atom. The number of nitrogens with zero attached hydrogens (tertiary/aromatic N) is 1. The molecule has 2 rings (SSSR count). The summed E-state index contributed by atoms with van der Waals surface area (Å²) in [6.07, 6.45) is 0. The Hall–Kier alpha value is -1.85. The van der Waals surface area contributed by atoms with E-state index in [1.54, 1.807) is 32.2 Å². The molecule has 2 N–H and O–H groups in total. The highest BCUT2D eigenvalue weighted by atomic mass is 32.2. The molecule has 0 fully saturated rings. The summed E-state index contributed by atoms with van der Waals surface area (Å²) in [7, 11) is -2.03. The number of hydrogen-bond donors (Lipinski definition) is 1. The Morgan fingerprint density at radius 3 is 2.24 bits per heavy atom. The molecule has 0 spiro atoms. The Bertz CT molecular complexity index is 740. The second kappa shape index (κ2) is 5.87. The van der Waals surface area contributed by atoms with Crippen LogP contribution in [0.1, 0.15) is 16.7 Å². The Kier molecular flexibility index (Phi) is 4.34. The molecule has 21 heavy (non-hydrogen) atoms. The monoisotopic (exact) mass is 304 g/mol. The molecule has 5 heteroatoms. The zero-order valence-corrected chi connectivity index (χ0v) is 13.3. The molecule has 0 aromatic heterocycles. The summed E-state index contributed by atoms with van der Waals surface area (Å²) in [5, 5.41) is 0. The highest BCUT2D eigenvalue weighted by Gasteiger charge is 2.24. The molecule has 0 saturated heterocycles. The smallest absolute Gasteiger partial charge is 0.264 e. The van der Waals surface area contributed by atoms with Gasteiger partial charge < -0.3 is 5.73 Å². The standard InChI is InChI=1S/C16H20N2O2S/c1-12-9-13(2)16(10-14(12)11-17)21(19,20)18(3)15-7-5-4-6-8-15/h4-10H,11,17H2,1-3H3. The number of aryl methyl sites for hydroxylation is 2. The second-order valence-electron chi connectivity index (χ2n) is 5.06. The number of sulfonamides is 1. The van der Waals surface area contributed by atoms with Crippen LogP contribution in [0.5, 0.6) is 0 Å². The molecule has 0 aliphatic heterocycles. The van der Waals surface area contributed by atoms with E-state index in [0.717, 1.165) is 16.7 Å². The van der Waals surface area contributed by atoms with Crippen LogP contribution in [0.15, 0.2) is 47.4 Å². The molecule has 0 radical (unpaired) electrons. The van der Waals surface area contributed by atoms with Crippen LogP contribution in [-0.4, -0.2) is 15.5 Å². The van der Waals surface area contributed by atoms with Gasteiger partial charge in [0.05, 0.1) is 10.6 Å². The number of hydrogen-bond acceptors (Lipinski definition) is 3. The predicted octanol–water partition coefficient (Wildman–Crippen LogP) is 2.59. The molecule has 0 atom stereocenters. The van der Waals surface area contributed by atoms with Crippen molar-refractivity contribution in [2.45, 2.75) is 25.3 Å². The first-order chi connectivity index (χ1) is 9.87. The third kappa shape index (κ3) is 2.94. The maximum Gasteiger partial charge on any atom is 0.264 e. The quantitative estimate of drug-likeness (QED) is 0.944. The first-order valence-corrected chi connectivity index (χ1v) is 8.16. The SMILES string of the molecule is Cc1cc(C)c(S(=O)(=O)N(C)c2ccccc2)cc1CN. The van der Waals surface area contributed by atoms with E-state index >= 15 is 0 Å². The fourth-order valence-corrected chi connectivity index (χ4v) is 3.75. The average molecular weight is 304 g/mol. The van der Waals surface area contributed by atoms with Crippen molar-refractivity contribution in [1.29, 1.82) is 0 Å². The molecule has 0 aliphatic rings. The van der Waals surface area contributed by atoms with E-state index in [2.05, 4.69) is 0 Å². The van der Waals surface area contributed by atoms with Gasteiger partial charge in [0, 0.05) is 13.6 Å². The lowest BCUT2D eigenvalue weighted by Gasteiger charge is -2.21. The minimum Gasteiger partial charge on any atom is -0.326 e. The van der Waals surface area contributed by atoms with Gasteiger partial charge in [-0.05, 0) is 48.7 Å². The molecule has 0 bridgehead atoms. The molecular formula is C16H20N2O2S. The summed E-state index contributed by atoms with van der Waals surface area (Å²) >= 11 is 0. The van der Waals surface area contributed by atoms with E-state index in [1.807, 2.05) is 31.2 Å². The predicted molar refractivity (Wildman–Crippen MR) is 85.8 cm³/mol. The summed E-state index contributed by atoms with van der Waals surface area (Å²) in [5.41, 5.74) is 8.91. The molecule has 0 unspecified atom stereocenters. The van der Waals surface area contributed by atoms with Crippen LogP contribution >= 0.6 is 0 Å². The lowest BCUT2D eigenvalue weighted by Crippen LogP contribution is -2.27. The Labute approximate surface area is 126 Å². The average Bonchev–Trinajstić information content (AvgIpc) is 2.47. The van der Waals surface area contributed by atoms with Gasteiger partial charge in [0.1, 0.15) is 0 Å². The topological polar surface area (TPSA) is 63.4 Å². The number of para-hydroxylation sites is 1. The van der Waals surface area contributed by atoms with Crippen molar-refractivity contribution in [3.8, 4) is 0 Å². The molecule has 112 valence electrons. The summed E-state index contributed by atoms with van der Waals surface area (Å²) in [5.74, 6) is 0. The molecule has 2 aromatic carbocycles. The highest BCUT2D eigenvalue weighted by Crippen LogP contribution is 2.26. The van der Waals surface area contributed by atoms with Gasteiger partial charge in [-0.25, -0.2) is 8.42 Å². The fraction of sp³-hybridized carbons (Fsp3) is 0.250. The van der Waals surface area contributed by atoms with Crippen LogP contribution in [0.25, 0.3) is 0 Å². The van der Waals surface area contributed by atoms with Gasteiger partial charge in [-0.1, -0.05) is 24.3 Å². The third-order valence-corrected chi connectivity index (χ3v) is 5.54. The molecule has 2 aromatic rings. The first kappa shape index (κ1) is 15.5. The molecule has 0 saturated carbocycles. The summed E-state index contributed by atoms with van der Waals surface area (Å²) < 4.78 is 26.9. The van der Waals surface area contributed by atoms with Gasteiger partial charge in [-0.2, -0.15) is 0 Å². The van der Waals surface area contributed by atoms with Crippen molar-refractivity contribution in [2.75, 3.05) is 11.4 Å². The molecule has 4 nitrogen and oxygen atoms in total. The van der Waals surface area contributed by atoms with Crippen LogP contribution < -0.4 is 10.0 Å². The van der Waals surface area contributed by atoms with E-state index in [9.17, 15) is 8.42 Å². The molecular weight excluding hydrogens is 284 g/mol. The fourth-order valence-electron chi connectivity index (χ4n) is 2.30. The molecule has 0 aliphatic carbocycles.